The highest BCUT2D eigenvalue weighted by Crippen LogP contribution is 2.25. The zero-order chi connectivity index (χ0) is 23.4. The third-order valence-corrected chi connectivity index (χ3v) is 7.79. The summed E-state index contributed by atoms with van der Waals surface area (Å²) in [7, 11) is -3.73. The fourth-order valence-electron chi connectivity index (χ4n) is 3.31. The number of thiophene rings is 1. The van der Waals surface area contributed by atoms with Crippen molar-refractivity contribution in [2.75, 3.05) is 6.54 Å². The lowest BCUT2D eigenvalue weighted by atomic mass is 10.2. The van der Waals surface area contributed by atoms with E-state index >= 15 is 0 Å². The van der Waals surface area contributed by atoms with Gasteiger partial charge in [0.05, 0.1) is 20.1 Å². The Bertz CT molecular complexity index is 1410. The molecule has 0 fully saturated rings. The molecule has 2 heterocycles. The van der Waals surface area contributed by atoms with Crippen LogP contribution >= 0.6 is 11.3 Å². The van der Waals surface area contributed by atoms with Gasteiger partial charge in [0.15, 0.2) is 0 Å². The monoisotopic (exact) mass is 479 g/mol. The van der Waals surface area contributed by atoms with E-state index in [1.165, 1.54) is 47.7 Å². The molecule has 0 aliphatic carbocycles. The maximum absolute atomic E-state index is 12.9. The summed E-state index contributed by atoms with van der Waals surface area (Å²) in [5.74, 6) is -0.448. The highest BCUT2D eigenvalue weighted by molar-refractivity contribution is 7.91. The number of aromatic nitrogens is 1. The van der Waals surface area contributed by atoms with Gasteiger partial charge >= 0.3 is 0 Å². The molecule has 0 spiro atoms. The van der Waals surface area contributed by atoms with Crippen molar-refractivity contribution in [1.82, 2.24) is 15.6 Å². The number of nitrogens with zero attached hydrogens (tertiary/aromatic N) is 1. The van der Waals surface area contributed by atoms with Gasteiger partial charge in [-0.25, -0.2) is 8.42 Å². The molecular formula is C24H21N3O4S2. The summed E-state index contributed by atoms with van der Waals surface area (Å²) in [5.41, 5.74) is 1.76. The van der Waals surface area contributed by atoms with E-state index in [2.05, 4.69) is 15.6 Å². The number of nitrogens with one attached hydrogen (secondary N) is 2. The summed E-state index contributed by atoms with van der Waals surface area (Å²) in [4.78, 5) is 28.7. The largest absolute Gasteiger partial charge is 0.352 e. The molecule has 4 aromatic rings. The number of carbonyl (C=O) groups excluding carboxylic acids is 2. The molecule has 7 nitrogen and oxygen atoms in total. The Morgan fingerprint density at radius 3 is 2.24 bits per heavy atom. The number of rotatable bonds is 7. The summed E-state index contributed by atoms with van der Waals surface area (Å²) in [6.07, 6.45) is 3.38. The molecule has 0 bridgehead atoms. The molecular weight excluding hydrogens is 458 g/mol. The van der Waals surface area contributed by atoms with Crippen molar-refractivity contribution in [2.24, 2.45) is 0 Å². The Balaban J connectivity index is 1.44. The van der Waals surface area contributed by atoms with E-state index in [4.69, 9.17) is 0 Å². The van der Waals surface area contributed by atoms with Crippen LogP contribution in [0, 0.1) is 0 Å². The van der Waals surface area contributed by atoms with Crippen molar-refractivity contribution in [1.29, 1.82) is 0 Å². The quantitative estimate of drug-likeness (QED) is 0.419. The van der Waals surface area contributed by atoms with Crippen molar-refractivity contribution in [3.05, 3.63) is 89.1 Å². The Morgan fingerprint density at radius 2 is 1.58 bits per heavy atom. The first-order chi connectivity index (χ1) is 15.9. The van der Waals surface area contributed by atoms with Gasteiger partial charge < -0.3 is 10.6 Å². The van der Waals surface area contributed by atoms with Crippen LogP contribution in [0.4, 0.5) is 0 Å². The molecule has 0 radical (unpaired) electrons. The van der Waals surface area contributed by atoms with E-state index in [0.717, 1.165) is 15.6 Å². The third-order valence-electron chi connectivity index (χ3n) is 5.07. The van der Waals surface area contributed by atoms with Crippen LogP contribution in [-0.2, 0) is 16.4 Å². The minimum Gasteiger partial charge on any atom is -0.352 e. The summed E-state index contributed by atoms with van der Waals surface area (Å²) in [5, 5.41) is 8.20. The van der Waals surface area contributed by atoms with Crippen LogP contribution in [-0.4, -0.2) is 31.8 Å². The van der Waals surface area contributed by atoms with Crippen molar-refractivity contribution < 1.29 is 18.0 Å². The molecule has 0 atom stereocenters. The van der Waals surface area contributed by atoms with Gasteiger partial charge in [0.1, 0.15) is 0 Å². The number of carbonyl (C=O) groups is 2. The Morgan fingerprint density at radius 1 is 0.909 bits per heavy atom. The smallest absolute Gasteiger partial charge is 0.253 e. The predicted molar refractivity (Wildman–Crippen MR) is 127 cm³/mol. The van der Waals surface area contributed by atoms with Crippen LogP contribution in [0.2, 0.25) is 0 Å². The normalized spacial score (nSPS) is 11.3. The average Bonchev–Trinajstić information content (AvgIpc) is 3.27. The van der Waals surface area contributed by atoms with E-state index in [1.54, 1.807) is 29.9 Å². The maximum atomic E-state index is 12.9. The topological polar surface area (TPSA) is 105 Å². The van der Waals surface area contributed by atoms with Crippen LogP contribution in [0.3, 0.4) is 0 Å². The van der Waals surface area contributed by atoms with Gasteiger partial charge in [-0.3, -0.25) is 14.6 Å². The summed E-state index contributed by atoms with van der Waals surface area (Å²) in [6.45, 7) is 2.57. The molecule has 0 saturated heterocycles. The van der Waals surface area contributed by atoms with Gasteiger partial charge in [0.2, 0.25) is 9.84 Å². The second-order valence-electron chi connectivity index (χ2n) is 7.24. The van der Waals surface area contributed by atoms with Crippen molar-refractivity contribution in [2.45, 2.75) is 23.3 Å². The highest BCUT2D eigenvalue weighted by Gasteiger charge is 2.18. The van der Waals surface area contributed by atoms with Crippen LogP contribution in [0.5, 0.6) is 0 Å². The number of amides is 2. The molecule has 2 N–H and O–H groups in total. The molecule has 33 heavy (non-hydrogen) atoms. The molecule has 168 valence electrons. The SMILES string of the molecule is CCNC(=O)c1ccc(S(=O)(=O)c2ccc(CNC(=O)c3csc4cnccc34)cc2)cc1. The first-order valence-electron chi connectivity index (χ1n) is 10.2. The van der Waals surface area contributed by atoms with Crippen LogP contribution in [0.1, 0.15) is 33.2 Å². The fraction of sp³-hybridized carbons (Fsp3) is 0.125. The Hall–Kier alpha value is -3.56. The summed E-state index contributed by atoms with van der Waals surface area (Å²) >= 11 is 1.46. The zero-order valence-corrected chi connectivity index (χ0v) is 19.4. The van der Waals surface area contributed by atoms with Crippen molar-refractivity contribution in [3.63, 3.8) is 0 Å². The number of benzene rings is 2. The number of hydrogen-bond acceptors (Lipinski definition) is 6. The van der Waals surface area contributed by atoms with E-state index in [0.29, 0.717) is 17.7 Å². The second-order valence-corrected chi connectivity index (χ2v) is 10.1. The molecule has 0 aliphatic heterocycles. The molecule has 9 heteroatoms. The minimum absolute atomic E-state index is 0.107. The zero-order valence-electron chi connectivity index (χ0n) is 17.7. The molecule has 4 rings (SSSR count). The molecule has 2 aromatic carbocycles. The first-order valence-corrected chi connectivity index (χ1v) is 12.6. The first kappa shape index (κ1) is 22.6. The van der Waals surface area contributed by atoms with E-state index in [9.17, 15) is 18.0 Å². The van der Waals surface area contributed by atoms with Crippen LogP contribution < -0.4 is 10.6 Å². The van der Waals surface area contributed by atoms with Crippen LogP contribution in [0.15, 0.2) is 82.2 Å². The number of hydrogen-bond donors (Lipinski definition) is 2. The van der Waals surface area contributed by atoms with Gasteiger partial charge in [-0.1, -0.05) is 12.1 Å². The lowest BCUT2D eigenvalue weighted by molar-refractivity contribution is 0.0946. The minimum atomic E-state index is -3.73. The molecule has 2 amide bonds. The number of pyridine rings is 1. The number of sulfone groups is 1. The molecule has 0 unspecified atom stereocenters. The second kappa shape index (κ2) is 9.51. The number of fused-ring (bicyclic) bond motifs is 1. The van der Waals surface area contributed by atoms with Crippen molar-refractivity contribution in [3.8, 4) is 0 Å². The predicted octanol–water partition coefficient (Wildman–Crippen LogP) is 3.81. The van der Waals surface area contributed by atoms with E-state index in [-0.39, 0.29) is 28.2 Å². The fourth-order valence-corrected chi connectivity index (χ4v) is 5.47. The lowest BCUT2D eigenvalue weighted by Crippen LogP contribution is -2.22. The standard InChI is InChI=1S/C24H21N3O4S2/c1-2-26-23(28)17-5-9-19(10-6-17)33(30,31)18-7-3-16(4-8-18)13-27-24(29)21-15-32-22-14-25-12-11-20(21)22/h3-12,14-15H,2,13H2,1H3,(H,26,28)(H,27,29). The summed E-state index contributed by atoms with van der Waals surface area (Å²) < 4.78 is 26.8. The average molecular weight is 480 g/mol. The van der Waals surface area contributed by atoms with E-state index < -0.39 is 9.84 Å². The third kappa shape index (κ3) is 4.79. The Labute approximate surface area is 195 Å². The summed E-state index contributed by atoms with van der Waals surface area (Å²) in [6, 6.07) is 14.0. The van der Waals surface area contributed by atoms with Crippen LogP contribution in [0.25, 0.3) is 10.1 Å². The maximum Gasteiger partial charge on any atom is 0.253 e. The molecule has 2 aromatic heterocycles. The molecule has 0 saturated carbocycles. The molecule has 0 aliphatic rings. The van der Waals surface area contributed by atoms with E-state index in [1.807, 2.05) is 13.0 Å². The van der Waals surface area contributed by atoms with Gasteiger partial charge in [-0.05, 0) is 55.0 Å². The Kier molecular flexibility index (Phi) is 6.52. The van der Waals surface area contributed by atoms with Gasteiger partial charge in [0, 0.05) is 41.8 Å². The lowest BCUT2D eigenvalue weighted by Gasteiger charge is -2.08. The highest BCUT2D eigenvalue weighted by atomic mass is 32.2. The van der Waals surface area contributed by atoms with Gasteiger partial charge in [-0.2, -0.15) is 0 Å². The van der Waals surface area contributed by atoms with Gasteiger partial charge in [0.25, 0.3) is 11.8 Å². The van der Waals surface area contributed by atoms with Gasteiger partial charge in [-0.15, -0.1) is 11.3 Å². The van der Waals surface area contributed by atoms with Crippen molar-refractivity contribution >= 4 is 43.1 Å².